The minimum Gasteiger partial charge on any atom is -0.394 e. The summed E-state index contributed by atoms with van der Waals surface area (Å²) in [6.45, 7) is 1.62. The molecule has 3 aliphatic rings. The molecule has 3 fully saturated rings. The van der Waals surface area contributed by atoms with Crippen molar-refractivity contribution in [1.82, 2.24) is 5.32 Å². The van der Waals surface area contributed by atoms with E-state index in [1.165, 1.54) is 180 Å². The van der Waals surface area contributed by atoms with Gasteiger partial charge in [0.1, 0.15) is 73.2 Å². The molecule has 19 nitrogen and oxygen atoms in total. The van der Waals surface area contributed by atoms with Gasteiger partial charge in [0, 0.05) is 6.42 Å². The lowest BCUT2D eigenvalue weighted by molar-refractivity contribution is -0.379. The molecule has 0 aromatic rings. The van der Waals surface area contributed by atoms with Crippen LogP contribution in [-0.2, 0) is 33.2 Å². The summed E-state index contributed by atoms with van der Waals surface area (Å²) in [6, 6.07) is -1.01. The molecular formula is C97H165NO18. The van der Waals surface area contributed by atoms with Crippen LogP contribution in [0.25, 0.3) is 0 Å². The lowest BCUT2D eigenvalue weighted by atomic mass is 9.96. The van der Waals surface area contributed by atoms with Crippen LogP contribution in [0.4, 0.5) is 0 Å². The van der Waals surface area contributed by atoms with Crippen LogP contribution < -0.4 is 5.32 Å². The number of carbonyl (C=O) groups is 1. The van der Waals surface area contributed by atoms with Crippen LogP contribution >= 0.6 is 0 Å². The zero-order valence-corrected chi connectivity index (χ0v) is 71.9. The second-order valence-corrected chi connectivity index (χ2v) is 32.0. The number of ether oxygens (including phenoxy) is 6. The summed E-state index contributed by atoms with van der Waals surface area (Å²) >= 11 is 0. The van der Waals surface area contributed by atoms with E-state index in [9.17, 15) is 61.0 Å². The number of nitrogens with one attached hydrogen (secondary N) is 1. The Morgan fingerprint density at radius 1 is 0.319 bits per heavy atom. The maximum Gasteiger partial charge on any atom is 0.220 e. The minimum absolute atomic E-state index is 0.223. The zero-order chi connectivity index (χ0) is 83.8. The smallest absolute Gasteiger partial charge is 0.220 e. The number of rotatable bonds is 73. The highest BCUT2D eigenvalue weighted by Gasteiger charge is 2.54. The zero-order valence-electron chi connectivity index (χ0n) is 71.9. The Morgan fingerprint density at radius 2 is 0.603 bits per heavy atom. The molecule has 3 saturated heterocycles. The van der Waals surface area contributed by atoms with Gasteiger partial charge < -0.3 is 89.9 Å². The fraction of sp³-hybridized carbons (Fsp3) is 0.742. The average molecular weight is 1630 g/mol. The largest absolute Gasteiger partial charge is 0.394 e. The van der Waals surface area contributed by atoms with Crippen molar-refractivity contribution in [2.75, 3.05) is 26.4 Å². The summed E-state index contributed by atoms with van der Waals surface area (Å²) in [6.07, 6.45) is 82.8. The molecule has 0 saturated carbocycles. The Balaban J connectivity index is 1.33. The van der Waals surface area contributed by atoms with E-state index >= 15 is 0 Å². The molecule has 0 bridgehead atoms. The first kappa shape index (κ1) is 106. The van der Waals surface area contributed by atoms with Crippen molar-refractivity contribution in [3.63, 3.8) is 0 Å². The van der Waals surface area contributed by atoms with Gasteiger partial charge in [-0.2, -0.15) is 0 Å². The third-order valence-electron chi connectivity index (χ3n) is 21.8. The number of carbonyl (C=O) groups excluding carboxylic acids is 1. The maximum atomic E-state index is 13.5. The number of aliphatic hydroxyl groups excluding tert-OH is 11. The molecule has 0 aromatic carbocycles. The number of amides is 1. The summed E-state index contributed by atoms with van der Waals surface area (Å²) in [5.41, 5.74) is 0. The second kappa shape index (κ2) is 74.5. The molecule has 0 aliphatic carbocycles. The quantitative estimate of drug-likeness (QED) is 0.0199. The van der Waals surface area contributed by atoms with Gasteiger partial charge in [0.05, 0.1) is 38.6 Å². The molecule has 17 atom stereocenters. The van der Waals surface area contributed by atoms with Gasteiger partial charge in [-0.1, -0.05) is 352 Å². The van der Waals surface area contributed by atoms with E-state index in [0.29, 0.717) is 12.8 Å². The van der Waals surface area contributed by atoms with Crippen LogP contribution in [0.3, 0.4) is 0 Å². The SMILES string of the molecule is CC/C=C\C/C=C\C/C=C\C/C=C\C/C=C\C/C=C\C/C=C\C/C=C\C/C=C\CCCCCCCCCCCCCCCC(=O)NC(COC1OC(CO)C(OC2OC(CO)C(OC3OC(CO)C(O)C(O)C3O)C(O)C2O)C(O)C1O)C(O)/C=C/CC/C=C/CC/C=C/CCCCCCCCCCCCCCCCCCCCCC. The van der Waals surface area contributed by atoms with Gasteiger partial charge in [-0.05, 0) is 116 Å². The molecule has 3 aliphatic heterocycles. The average Bonchev–Trinajstić information content (AvgIpc) is 0.783. The third-order valence-corrected chi connectivity index (χ3v) is 21.8. The van der Waals surface area contributed by atoms with Crippen LogP contribution in [0, 0.1) is 0 Å². The highest BCUT2D eigenvalue weighted by atomic mass is 16.8. The Hall–Kier alpha value is -4.33. The second-order valence-electron chi connectivity index (χ2n) is 32.0. The lowest BCUT2D eigenvalue weighted by Gasteiger charge is -2.48. The Morgan fingerprint density at radius 3 is 0.966 bits per heavy atom. The van der Waals surface area contributed by atoms with Crippen molar-refractivity contribution < 1.29 is 89.4 Å². The van der Waals surface area contributed by atoms with Crippen molar-refractivity contribution in [2.24, 2.45) is 0 Å². The van der Waals surface area contributed by atoms with Gasteiger partial charge in [0.15, 0.2) is 18.9 Å². The fourth-order valence-corrected chi connectivity index (χ4v) is 14.6. The summed E-state index contributed by atoms with van der Waals surface area (Å²) < 4.78 is 34.5. The molecule has 0 spiro atoms. The molecular weight excluding hydrogens is 1470 g/mol. The number of aliphatic hydroxyl groups is 11. The monoisotopic (exact) mass is 1630 g/mol. The van der Waals surface area contributed by atoms with E-state index in [1.54, 1.807) is 6.08 Å². The van der Waals surface area contributed by atoms with Crippen molar-refractivity contribution in [3.05, 3.63) is 146 Å². The first-order chi connectivity index (χ1) is 56.8. The van der Waals surface area contributed by atoms with Crippen molar-refractivity contribution >= 4 is 5.91 Å². The van der Waals surface area contributed by atoms with Crippen LogP contribution in [-0.4, -0.2) is 193 Å². The maximum absolute atomic E-state index is 13.5. The molecule has 17 unspecified atom stereocenters. The number of allylic oxidation sites excluding steroid dienone is 23. The topological polar surface area (TPSA) is 307 Å². The van der Waals surface area contributed by atoms with Crippen LogP contribution in [0.5, 0.6) is 0 Å². The molecule has 666 valence electrons. The van der Waals surface area contributed by atoms with E-state index in [4.69, 9.17) is 28.4 Å². The number of hydrogen-bond acceptors (Lipinski definition) is 18. The first-order valence-corrected chi connectivity index (χ1v) is 46.1. The van der Waals surface area contributed by atoms with Gasteiger partial charge in [-0.3, -0.25) is 4.79 Å². The molecule has 0 radical (unpaired) electrons. The van der Waals surface area contributed by atoms with Gasteiger partial charge in [0.25, 0.3) is 0 Å². The molecule has 116 heavy (non-hydrogen) atoms. The number of unbranched alkanes of at least 4 members (excludes halogenated alkanes) is 35. The van der Waals surface area contributed by atoms with Crippen LogP contribution in [0.15, 0.2) is 146 Å². The first-order valence-electron chi connectivity index (χ1n) is 46.1. The van der Waals surface area contributed by atoms with Crippen molar-refractivity contribution in [3.8, 4) is 0 Å². The van der Waals surface area contributed by atoms with Crippen LogP contribution in [0.2, 0.25) is 0 Å². The Bertz CT molecular complexity index is 2670. The predicted octanol–water partition coefficient (Wildman–Crippen LogP) is 18.1. The highest BCUT2D eigenvalue weighted by molar-refractivity contribution is 5.76. The molecule has 19 heteroatoms. The van der Waals surface area contributed by atoms with Crippen molar-refractivity contribution in [1.29, 1.82) is 0 Å². The predicted molar refractivity (Wildman–Crippen MR) is 470 cm³/mol. The molecule has 3 heterocycles. The summed E-state index contributed by atoms with van der Waals surface area (Å²) in [4.78, 5) is 13.5. The van der Waals surface area contributed by atoms with E-state index in [2.05, 4.69) is 153 Å². The molecule has 12 N–H and O–H groups in total. The van der Waals surface area contributed by atoms with Gasteiger partial charge in [-0.25, -0.2) is 0 Å². The van der Waals surface area contributed by atoms with E-state index < -0.39 is 124 Å². The molecule has 3 rings (SSSR count). The molecule has 0 aromatic heterocycles. The highest BCUT2D eigenvalue weighted by Crippen LogP contribution is 2.33. The lowest BCUT2D eigenvalue weighted by Crippen LogP contribution is -2.66. The standard InChI is InChI=1S/C97H165NO18/c1-3-5-7-9-11-13-15-17-19-21-23-25-27-29-31-33-35-36-37-38-39-40-41-42-43-44-45-47-49-51-53-55-57-59-61-63-65-67-69-71-73-75-85(103)98-80(81(102)74-72-70-68-66-64-62-60-58-56-54-52-50-48-46-34-32-30-28-26-24-22-20-18-16-14-12-10-8-6-4-2)79-111-95-91(109)88(106)93(83(77-100)113-95)116-97-92(110)89(107)94(84(78-101)114-97)115-96-90(108)87(105)86(104)82(76-99)112-96/h5,7,11,13,17,19,23,25,29,31,35-36,38-39,41-42,44-45,56,58,64,66,72,74,80-84,86-97,99-102,104-110H,3-4,6,8-10,12,14-16,18,20-22,24,26-28,30,32-34,37,40,43,46-55,57,59-63,65,67-71,73,75-79H2,1-2H3,(H,98,103)/b7-5-,13-11-,19-17-,25-23-,31-29-,36-35-,39-38-,42-41-,45-44-,58-56+,66-64+,74-72+. The van der Waals surface area contributed by atoms with Gasteiger partial charge in [-0.15, -0.1) is 0 Å². The summed E-state index contributed by atoms with van der Waals surface area (Å²) in [5.74, 6) is -0.293. The Kier molecular flexibility index (Phi) is 68.0. The summed E-state index contributed by atoms with van der Waals surface area (Å²) in [5, 5.41) is 121. The molecule has 1 amide bonds. The summed E-state index contributed by atoms with van der Waals surface area (Å²) in [7, 11) is 0. The normalized spacial score (nSPS) is 25.2. The number of hydrogen-bond donors (Lipinski definition) is 12. The van der Waals surface area contributed by atoms with E-state index in [0.717, 1.165) is 116 Å². The van der Waals surface area contributed by atoms with E-state index in [-0.39, 0.29) is 18.9 Å². The third kappa shape index (κ3) is 52.1. The van der Waals surface area contributed by atoms with Crippen LogP contribution in [0.1, 0.15) is 328 Å². The van der Waals surface area contributed by atoms with Crippen molar-refractivity contribution in [2.45, 2.75) is 433 Å². The van der Waals surface area contributed by atoms with E-state index in [1.807, 2.05) is 6.08 Å². The fourth-order valence-electron chi connectivity index (χ4n) is 14.6. The Labute approximate surface area is 702 Å². The minimum atomic E-state index is -1.99. The van der Waals surface area contributed by atoms with Gasteiger partial charge >= 0.3 is 0 Å². The van der Waals surface area contributed by atoms with Gasteiger partial charge in [0.2, 0.25) is 5.91 Å².